The van der Waals surface area contributed by atoms with Crippen LogP contribution in [0.1, 0.15) is 245 Å². The van der Waals surface area contributed by atoms with E-state index in [9.17, 15) is 64.3 Å². The Morgan fingerprint density at radius 3 is 0.972 bits per heavy atom. The van der Waals surface area contributed by atoms with Gasteiger partial charge in [-0.1, -0.05) is 176 Å². The largest absolute Gasteiger partial charge is 0.508 e. The average Bonchev–Trinajstić information content (AvgIpc) is 1.78. The lowest BCUT2D eigenvalue weighted by atomic mass is 9.68. The van der Waals surface area contributed by atoms with Gasteiger partial charge < -0.3 is 58.3 Å². The van der Waals surface area contributed by atoms with Gasteiger partial charge in [0.05, 0.1) is 46.7 Å². The summed E-state index contributed by atoms with van der Waals surface area (Å²) in [6.07, 6.45) is 10.5. The highest BCUT2D eigenvalue weighted by molar-refractivity contribution is 6.32. The van der Waals surface area contributed by atoms with Gasteiger partial charge in [0.1, 0.15) is 117 Å². The Morgan fingerprint density at radius 2 is 0.577 bits per heavy atom. The number of hydrogen-bond acceptors (Lipinski definition) is 12. The number of ether oxygens (including phenoxy) is 8. The average molecular weight is 1990 g/mol. The first-order chi connectivity index (χ1) is 68.2. The van der Waals surface area contributed by atoms with Crippen LogP contribution in [-0.2, 0) is 32.5 Å². The summed E-state index contributed by atoms with van der Waals surface area (Å²) in [5.41, 5.74) is 9.64. The van der Waals surface area contributed by atoms with Crippen LogP contribution in [0.25, 0.3) is 0 Å². The van der Waals surface area contributed by atoms with E-state index in [2.05, 4.69) is 30.3 Å². The SMILES string of the molecule is COc1ccc(C23CCCCCC2Oc2cccc(Cl)c23)cc1.COc1ccc(C23CCCCCC2Oc2cccc(F)c23)cc1.Cc1ccc2c(c1)OC1CC(F)(F)CCCC21c1ccc(O)cc1.Cc1cccc2c1OC1CC(F)(F)CCCC21c1ccc(O)cc1.Oc1ccc(C23CCCC(F)(F)CC2Oc2cccc(Cl)c23)cc1.Oc1ccc(C23CCCC(F)(F)CC2Oc2cccc(F)c23)cc1. The first-order valence-corrected chi connectivity index (χ1v) is 50.3. The van der Waals surface area contributed by atoms with Crippen molar-refractivity contribution in [3.63, 3.8) is 0 Å². The molecule has 6 aliphatic heterocycles. The van der Waals surface area contributed by atoms with Crippen LogP contribution in [0.4, 0.5) is 43.9 Å². The number of hydrogen-bond donors (Lipinski definition) is 4. The molecular formula is C118H116Cl2F10O12. The van der Waals surface area contributed by atoms with Gasteiger partial charge in [-0.15, -0.1) is 0 Å². The molecular weight excluding hydrogens is 1870 g/mol. The van der Waals surface area contributed by atoms with Gasteiger partial charge in [-0.25, -0.2) is 43.9 Å². The maximum absolute atomic E-state index is 14.8. The Hall–Kier alpha value is -11.9. The summed E-state index contributed by atoms with van der Waals surface area (Å²) in [5.74, 6) is -5.26. The van der Waals surface area contributed by atoms with Gasteiger partial charge in [-0.2, -0.15) is 0 Å². The molecule has 0 aromatic heterocycles. The molecule has 6 fully saturated rings. The zero-order chi connectivity index (χ0) is 99.5. The molecule has 0 radical (unpaired) electrons. The van der Waals surface area contributed by atoms with Crippen molar-refractivity contribution in [1.82, 2.24) is 0 Å². The smallest absolute Gasteiger partial charge is 0.251 e. The maximum Gasteiger partial charge on any atom is 0.251 e. The highest BCUT2D eigenvalue weighted by atomic mass is 35.5. The zero-order valence-corrected chi connectivity index (χ0v) is 81.2. The third kappa shape index (κ3) is 18.2. The van der Waals surface area contributed by atoms with E-state index in [1.54, 1.807) is 111 Å². The third-order valence-corrected chi connectivity index (χ3v) is 32.7. The molecule has 4 N–H and O–H groups in total. The van der Waals surface area contributed by atoms with Crippen LogP contribution in [-0.4, -0.2) is 95.0 Å². The summed E-state index contributed by atoms with van der Waals surface area (Å²) >= 11 is 13.1. The molecule has 12 nitrogen and oxygen atoms in total. The van der Waals surface area contributed by atoms with Crippen LogP contribution < -0.4 is 37.9 Å². The Kier molecular flexibility index (Phi) is 27.4. The van der Waals surface area contributed by atoms with Crippen molar-refractivity contribution < 1.29 is 102 Å². The Morgan fingerprint density at radius 1 is 0.282 bits per heavy atom. The second kappa shape index (κ2) is 39.3. The monoisotopic (exact) mass is 1980 g/mol. The first kappa shape index (κ1) is 98.9. The van der Waals surface area contributed by atoms with Crippen molar-refractivity contribution in [1.29, 1.82) is 0 Å². The molecule has 0 amide bonds. The molecule has 0 bridgehead atoms. The van der Waals surface area contributed by atoms with E-state index in [-0.39, 0.29) is 103 Å². The van der Waals surface area contributed by atoms with E-state index in [1.165, 1.54) is 61.1 Å². The number of halogens is 12. The van der Waals surface area contributed by atoms with Gasteiger partial charge in [0.15, 0.2) is 0 Å². The van der Waals surface area contributed by atoms with Crippen molar-refractivity contribution in [3.8, 4) is 69.0 Å². The van der Waals surface area contributed by atoms with E-state index in [0.717, 1.165) is 122 Å². The number of alkyl halides is 8. The summed E-state index contributed by atoms with van der Waals surface area (Å²) < 4.78 is 190. The fraction of sp³-hybridized carbons (Fsp3) is 0.390. The van der Waals surface area contributed by atoms with Crippen LogP contribution in [0.5, 0.6) is 69.0 Å². The summed E-state index contributed by atoms with van der Waals surface area (Å²) in [7, 11) is 3.36. The van der Waals surface area contributed by atoms with Crippen LogP contribution in [0.15, 0.2) is 255 Å². The number of phenols is 4. The zero-order valence-electron chi connectivity index (χ0n) is 79.7. The summed E-state index contributed by atoms with van der Waals surface area (Å²) in [6, 6.07) is 76.4. The van der Waals surface area contributed by atoms with Crippen LogP contribution in [0.2, 0.25) is 10.0 Å². The maximum atomic E-state index is 14.8. The molecule has 12 unspecified atom stereocenters. The molecule has 12 aliphatic rings. The fourth-order valence-corrected chi connectivity index (χ4v) is 26.3. The molecule has 24 heteroatoms. The molecule has 0 spiro atoms. The molecule has 6 saturated carbocycles. The minimum atomic E-state index is -2.83. The highest BCUT2D eigenvalue weighted by Crippen LogP contribution is 2.64. The third-order valence-electron chi connectivity index (χ3n) is 32.1. The minimum Gasteiger partial charge on any atom is -0.508 e. The molecule has 0 saturated heterocycles. The molecule has 24 rings (SSSR count). The quantitative estimate of drug-likeness (QED) is 0.107. The predicted molar refractivity (Wildman–Crippen MR) is 527 cm³/mol. The van der Waals surface area contributed by atoms with Gasteiger partial charge in [0.2, 0.25) is 0 Å². The van der Waals surface area contributed by atoms with Crippen molar-refractivity contribution in [2.24, 2.45) is 0 Å². The summed E-state index contributed by atoms with van der Waals surface area (Å²) in [5, 5.41) is 39.8. The van der Waals surface area contributed by atoms with E-state index in [4.69, 9.17) is 61.1 Å². The number of aryl methyl sites for hydroxylation is 2. The van der Waals surface area contributed by atoms with Crippen molar-refractivity contribution >= 4 is 23.2 Å². The standard InChI is InChI=1S/C20H21ClO2.2C20H20F2O2.C20H21FO2.C19H17ClF2O2.C19H17F3O2/c1-22-15-11-9-14(10-12-15)20-13-4-2-3-8-18(20)23-17-7-5-6-16(21)19(17)20;1-13-3-8-16-17(11-13)24-18-12-19(21,22)9-2-10-20(16,18)14-4-6-15(23)7-5-14;1-13-4-2-5-16-18(13)24-17-12-19(21,22)10-3-11-20(16,17)14-6-8-15(23)9-7-14;1-22-15-11-9-14(10-12-15)20-13-4-2-3-8-18(20)23-17-7-5-6-16(21)19(17)20;2*20-14-3-1-4-15-17(14)19(12-5-7-13(23)8-6-12)10-2-9-18(21,22)11-16(19)24-15/h5-7,9-12,18H,2-4,8,13H2,1H3;3-8,11,18,23H,2,9-10,12H2,1H3;2,4-9,17,23H,3,10-12H2,1H3;5-7,9-12,18H,2-4,8,13H2,1H3;2*1,3-8,16,23H,2,9-11H2. The number of phenolic OH excluding ortho intramolecular Hbond substituents is 4. The number of fused-ring (bicyclic) bond motifs is 18. The van der Waals surface area contributed by atoms with Crippen molar-refractivity contribution in [3.05, 3.63) is 354 Å². The molecule has 744 valence electrons. The highest BCUT2D eigenvalue weighted by Gasteiger charge is 2.62. The lowest BCUT2D eigenvalue weighted by molar-refractivity contribution is -0.0410. The second-order valence-electron chi connectivity index (χ2n) is 40.4. The number of aromatic hydroxyl groups is 4. The number of methoxy groups -OCH3 is 2. The van der Waals surface area contributed by atoms with E-state index >= 15 is 0 Å². The van der Waals surface area contributed by atoms with Crippen molar-refractivity contribution in [2.45, 2.75) is 274 Å². The van der Waals surface area contributed by atoms with Gasteiger partial charge >= 0.3 is 0 Å². The molecule has 6 aliphatic carbocycles. The lowest BCUT2D eigenvalue weighted by Gasteiger charge is -2.34. The van der Waals surface area contributed by atoms with Crippen LogP contribution >= 0.6 is 23.2 Å². The number of rotatable bonds is 8. The van der Waals surface area contributed by atoms with Gasteiger partial charge in [0, 0.05) is 94.8 Å². The van der Waals surface area contributed by atoms with Crippen LogP contribution in [0, 0.1) is 25.5 Å². The molecule has 6 heterocycles. The molecule has 12 aromatic carbocycles. The van der Waals surface area contributed by atoms with E-state index < -0.39 is 82.0 Å². The van der Waals surface area contributed by atoms with E-state index in [1.807, 2.05) is 117 Å². The van der Waals surface area contributed by atoms with E-state index in [0.29, 0.717) is 84.1 Å². The number of benzene rings is 12. The topological polar surface area (TPSA) is 155 Å². The van der Waals surface area contributed by atoms with Crippen molar-refractivity contribution in [2.75, 3.05) is 14.2 Å². The Labute approximate surface area is 831 Å². The lowest BCUT2D eigenvalue weighted by Crippen LogP contribution is -2.41. The Balaban J connectivity index is 0.000000108. The molecule has 142 heavy (non-hydrogen) atoms. The van der Waals surface area contributed by atoms with Gasteiger partial charge in [-0.3, -0.25) is 0 Å². The first-order valence-electron chi connectivity index (χ1n) is 49.5. The fourth-order valence-electron chi connectivity index (χ4n) is 25.6. The van der Waals surface area contributed by atoms with Crippen LogP contribution in [0.3, 0.4) is 0 Å². The second-order valence-corrected chi connectivity index (χ2v) is 41.2. The predicted octanol–water partition coefficient (Wildman–Crippen LogP) is 30.2. The minimum absolute atomic E-state index is 0.0188. The van der Waals surface area contributed by atoms with Gasteiger partial charge in [-0.05, 0) is 276 Å². The summed E-state index contributed by atoms with van der Waals surface area (Å²) in [6.45, 7) is 3.92. The normalized spacial score (nSPS) is 27.1. The van der Waals surface area contributed by atoms with Gasteiger partial charge in [0.25, 0.3) is 23.7 Å². The molecule has 12 aromatic rings. The Bertz CT molecular complexity index is 6270. The number of para-hydroxylation sites is 1. The molecule has 12 atom stereocenters. The summed E-state index contributed by atoms with van der Waals surface area (Å²) in [4.78, 5) is 0.